The molecule has 34 heavy (non-hydrogen) atoms. The van der Waals surface area contributed by atoms with Crippen LogP contribution in [0.3, 0.4) is 0 Å². The first-order valence-corrected chi connectivity index (χ1v) is 11.8. The van der Waals surface area contributed by atoms with Crippen LogP contribution >= 0.6 is 0 Å². The van der Waals surface area contributed by atoms with Gasteiger partial charge in [0.1, 0.15) is 26.2 Å². The topological polar surface area (TPSA) is 88.2 Å². The van der Waals surface area contributed by atoms with Gasteiger partial charge in [-0.25, -0.2) is 0 Å². The number of hydrogen-bond acceptors (Lipinski definition) is 6. The molecule has 1 N–H and O–H groups in total. The summed E-state index contributed by atoms with van der Waals surface area (Å²) in [7, 11) is 1.93. The van der Waals surface area contributed by atoms with E-state index in [-0.39, 0.29) is 18.2 Å². The standard InChI is InChI=1S/C25H28BN3O5/c26-18-11-19-20(14-29(25(19)32)21-5-6-23(30)27-24(21)31)22(12-18)34-15-17-3-1-16(2-4-17)13-28-7-9-33-10-8-28/h1-4,11-12,21H,5-10,13-15,26H2,(H,27,30,31). The van der Waals surface area contributed by atoms with Crippen molar-refractivity contribution >= 4 is 31.0 Å². The van der Waals surface area contributed by atoms with Crippen LogP contribution in [0.4, 0.5) is 0 Å². The lowest BCUT2D eigenvalue weighted by atomic mass is 9.92. The molecule has 3 heterocycles. The van der Waals surface area contributed by atoms with Crippen LogP contribution < -0.4 is 15.5 Å². The number of fused-ring (bicyclic) bond motifs is 1. The Morgan fingerprint density at radius 1 is 1.06 bits per heavy atom. The maximum atomic E-state index is 13.1. The fourth-order valence-electron chi connectivity index (χ4n) is 4.81. The average Bonchev–Trinajstić information content (AvgIpc) is 3.15. The lowest BCUT2D eigenvalue weighted by molar-refractivity contribution is -0.136. The summed E-state index contributed by atoms with van der Waals surface area (Å²) in [6.45, 7) is 5.09. The second-order valence-corrected chi connectivity index (χ2v) is 9.18. The van der Waals surface area contributed by atoms with Crippen molar-refractivity contribution < 1.29 is 23.9 Å². The van der Waals surface area contributed by atoms with Crippen LogP contribution in [0, 0.1) is 0 Å². The quantitative estimate of drug-likeness (QED) is 0.486. The zero-order chi connectivity index (χ0) is 23.7. The molecule has 8 nitrogen and oxygen atoms in total. The van der Waals surface area contributed by atoms with Gasteiger partial charge in [0, 0.05) is 37.2 Å². The Kier molecular flexibility index (Phi) is 6.39. The Morgan fingerprint density at radius 3 is 2.53 bits per heavy atom. The molecule has 3 amide bonds. The Balaban J connectivity index is 1.26. The molecule has 3 aliphatic rings. The summed E-state index contributed by atoms with van der Waals surface area (Å²) in [6, 6.07) is 11.6. The van der Waals surface area contributed by atoms with Crippen LogP contribution in [0.15, 0.2) is 36.4 Å². The van der Waals surface area contributed by atoms with Crippen molar-refractivity contribution in [2.75, 3.05) is 26.3 Å². The van der Waals surface area contributed by atoms with Crippen LogP contribution in [0.5, 0.6) is 5.75 Å². The van der Waals surface area contributed by atoms with Crippen molar-refractivity contribution in [1.29, 1.82) is 0 Å². The number of morpholine rings is 1. The van der Waals surface area contributed by atoms with Crippen LogP contribution in [0.25, 0.3) is 0 Å². The van der Waals surface area contributed by atoms with Crippen molar-refractivity contribution in [1.82, 2.24) is 15.1 Å². The summed E-state index contributed by atoms with van der Waals surface area (Å²) in [5, 5.41) is 2.34. The fraction of sp³-hybridized carbons (Fsp3) is 0.400. The number of carbonyl (C=O) groups is 3. The minimum absolute atomic E-state index is 0.189. The van der Waals surface area contributed by atoms with Crippen LogP contribution in [-0.2, 0) is 34.0 Å². The molecule has 2 aromatic rings. The molecule has 1 atom stereocenters. The summed E-state index contributed by atoms with van der Waals surface area (Å²) in [5.74, 6) is -0.226. The highest BCUT2D eigenvalue weighted by Gasteiger charge is 2.40. The summed E-state index contributed by atoms with van der Waals surface area (Å²) in [4.78, 5) is 40.9. The average molecular weight is 461 g/mol. The molecule has 0 saturated carbocycles. The number of imide groups is 1. The van der Waals surface area contributed by atoms with E-state index in [1.165, 1.54) is 5.56 Å². The van der Waals surface area contributed by atoms with E-state index < -0.39 is 11.9 Å². The van der Waals surface area contributed by atoms with Crippen LogP contribution in [0.2, 0.25) is 0 Å². The van der Waals surface area contributed by atoms with E-state index in [0.717, 1.165) is 49.4 Å². The number of benzene rings is 2. The molecule has 0 bridgehead atoms. The maximum Gasteiger partial charge on any atom is 0.255 e. The number of ether oxygens (including phenoxy) is 2. The van der Waals surface area contributed by atoms with Gasteiger partial charge in [-0.05, 0) is 23.6 Å². The van der Waals surface area contributed by atoms with Crippen molar-refractivity contribution in [2.45, 2.75) is 38.6 Å². The number of amides is 3. The molecule has 2 saturated heterocycles. The van der Waals surface area contributed by atoms with E-state index in [4.69, 9.17) is 9.47 Å². The van der Waals surface area contributed by atoms with Crippen molar-refractivity contribution in [2.24, 2.45) is 0 Å². The Labute approximate surface area is 199 Å². The third-order valence-corrected chi connectivity index (χ3v) is 6.69. The molecular weight excluding hydrogens is 433 g/mol. The van der Waals surface area contributed by atoms with E-state index in [1.807, 2.05) is 20.0 Å². The van der Waals surface area contributed by atoms with Gasteiger partial charge in [-0.15, -0.1) is 0 Å². The molecule has 5 rings (SSSR count). The molecule has 176 valence electrons. The first-order valence-electron chi connectivity index (χ1n) is 11.8. The predicted molar refractivity (Wildman–Crippen MR) is 128 cm³/mol. The van der Waals surface area contributed by atoms with Gasteiger partial charge in [0.15, 0.2) is 0 Å². The van der Waals surface area contributed by atoms with Gasteiger partial charge in [-0.3, -0.25) is 24.6 Å². The molecule has 0 aliphatic carbocycles. The molecule has 0 spiro atoms. The second kappa shape index (κ2) is 9.60. The van der Waals surface area contributed by atoms with Crippen molar-refractivity contribution in [3.05, 3.63) is 58.7 Å². The minimum Gasteiger partial charge on any atom is -0.489 e. The highest BCUT2D eigenvalue weighted by molar-refractivity contribution is 6.33. The molecule has 1 unspecified atom stereocenters. The molecule has 3 aliphatic heterocycles. The number of nitrogens with zero attached hydrogens (tertiary/aromatic N) is 2. The van der Waals surface area contributed by atoms with Gasteiger partial charge in [-0.2, -0.15) is 0 Å². The van der Waals surface area contributed by atoms with Gasteiger partial charge < -0.3 is 14.4 Å². The van der Waals surface area contributed by atoms with Crippen molar-refractivity contribution in [3.63, 3.8) is 0 Å². The summed E-state index contributed by atoms with van der Waals surface area (Å²) < 4.78 is 11.6. The van der Waals surface area contributed by atoms with E-state index in [0.29, 0.717) is 30.9 Å². The number of piperidine rings is 1. The lowest BCUT2D eigenvalue weighted by Crippen LogP contribution is -2.52. The zero-order valence-electron chi connectivity index (χ0n) is 19.3. The number of hydrogen-bond donors (Lipinski definition) is 1. The van der Waals surface area contributed by atoms with E-state index >= 15 is 0 Å². The first kappa shape index (κ1) is 22.6. The monoisotopic (exact) mass is 461 g/mol. The molecular formula is C25H28BN3O5. The van der Waals surface area contributed by atoms with Gasteiger partial charge in [0.05, 0.1) is 19.8 Å². The zero-order valence-corrected chi connectivity index (χ0v) is 19.3. The molecule has 2 fully saturated rings. The van der Waals surface area contributed by atoms with Gasteiger partial charge in [0.25, 0.3) is 5.91 Å². The smallest absolute Gasteiger partial charge is 0.255 e. The summed E-state index contributed by atoms with van der Waals surface area (Å²) in [6.07, 6.45) is 0.580. The normalized spacial score (nSPS) is 20.9. The van der Waals surface area contributed by atoms with Crippen molar-refractivity contribution in [3.8, 4) is 5.75 Å². The second-order valence-electron chi connectivity index (χ2n) is 9.18. The number of carbonyl (C=O) groups excluding carboxylic acids is 3. The SMILES string of the molecule is Bc1cc(OCc2ccc(CN3CCOCC3)cc2)c2c(c1)C(=O)N(C1CCC(=O)NC1=O)C2. The minimum atomic E-state index is -0.634. The van der Waals surface area contributed by atoms with Gasteiger partial charge in [0.2, 0.25) is 11.8 Å². The third-order valence-electron chi connectivity index (χ3n) is 6.69. The molecule has 0 radical (unpaired) electrons. The summed E-state index contributed by atoms with van der Waals surface area (Å²) >= 11 is 0. The number of nitrogens with one attached hydrogen (secondary N) is 1. The largest absolute Gasteiger partial charge is 0.489 e. The third kappa shape index (κ3) is 4.71. The highest BCUT2D eigenvalue weighted by atomic mass is 16.5. The van der Waals surface area contributed by atoms with E-state index in [2.05, 4.69) is 34.5 Å². The Hall–Kier alpha value is -3.17. The number of rotatable bonds is 6. The molecule has 0 aromatic heterocycles. The Morgan fingerprint density at radius 2 is 1.79 bits per heavy atom. The Bertz CT molecular complexity index is 1110. The fourth-order valence-corrected chi connectivity index (χ4v) is 4.81. The summed E-state index contributed by atoms with van der Waals surface area (Å²) in [5.41, 5.74) is 4.60. The molecule has 9 heteroatoms. The van der Waals surface area contributed by atoms with Gasteiger partial charge >= 0.3 is 0 Å². The predicted octanol–water partition coefficient (Wildman–Crippen LogP) is 0.117. The van der Waals surface area contributed by atoms with E-state index in [9.17, 15) is 14.4 Å². The lowest BCUT2D eigenvalue weighted by Gasteiger charge is -2.29. The van der Waals surface area contributed by atoms with Gasteiger partial charge in [-0.1, -0.05) is 35.8 Å². The molecule has 2 aromatic carbocycles. The van der Waals surface area contributed by atoms with Crippen LogP contribution in [0.1, 0.15) is 39.9 Å². The van der Waals surface area contributed by atoms with Crippen LogP contribution in [-0.4, -0.2) is 67.7 Å². The van der Waals surface area contributed by atoms with E-state index in [1.54, 1.807) is 4.90 Å². The maximum absolute atomic E-state index is 13.1. The highest BCUT2D eigenvalue weighted by Crippen LogP contribution is 2.33. The first-order chi connectivity index (χ1) is 16.5.